The molecule has 3 unspecified atom stereocenters. The quantitative estimate of drug-likeness (QED) is 0.587. The van der Waals surface area contributed by atoms with Crippen LogP contribution < -0.4 is 4.74 Å². The van der Waals surface area contributed by atoms with Gasteiger partial charge in [0.05, 0.1) is 25.4 Å². The van der Waals surface area contributed by atoms with Gasteiger partial charge in [0.25, 0.3) is 0 Å². The van der Waals surface area contributed by atoms with Crippen molar-refractivity contribution in [2.45, 2.75) is 65.0 Å². The molecule has 5 nitrogen and oxygen atoms in total. The van der Waals surface area contributed by atoms with Crippen LogP contribution in [0.5, 0.6) is 5.75 Å². The van der Waals surface area contributed by atoms with Gasteiger partial charge in [-0.1, -0.05) is 43.6 Å². The summed E-state index contributed by atoms with van der Waals surface area (Å²) in [6.45, 7) is 8.73. The largest absolute Gasteiger partial charge is 0.494 e. The van der Waals surface area contributed by atoms with Crippen LogP contribution in [0.2, 0.25) is 5.02 Å². The highest BCUT2D eigenvalue weighted by molar-refractivity contribution is 6.31. The Bertz CT molecular complexity index is 795. The van der Waals surface area contributed by atoms with E-state index >= 15 is 0 Å². The number of halogens is 1. The number of hydrogen-bond donors (Lipinski definition) is 2. The molecular formula is C25H35ClO5. The zero-order valence-corrected chi connectivity index (χ0v) is 19.7. The number of aliphatic hydroxyl groups excluding tert-OH is 2. The van der Waals surface area contributed by atoms with Gasteiger partial charge in [-0.15, -0.1) is 0 Å². The third kappa shape index (κ3) is 6.67. The summed E-state index contributed by atoms with van der Waals surface area (Å²) in [5.74, 6) is -0.260. The Hall–Kier alpha value is -1.63. The summed E-state index contributed by atoms with van der Waals surface area (Å²) >= 11 is 6.48. The highest BCUT2D eigenvalue weighted by Crippen LogP contribution is 2.40. The van der Waals surface area contributed by atoms with Crippen molar-refractivity contribution in [3.8, 4) is 5.75 Å². The van der Waals surface area contributed by atoms with Crippen LogP contribution >= 0.6 is 11.6 Å². The fourth-order valence-electron chi connectivity index (χ4n) is 3.81. The highest BCUT2D eigenvalue weighted by Gasteiger charge is 2.43. The molecule has 0 aliphatic carbocycles. The smallest absolute Gasteiger partial charge is 0.197 e. The molecular weight excluding hydrogens is 416 g/mol. The number of benzene rings is 2. The Labute approximate surface area is 190 Å². The van der Waals surface area contributed by atoms with Crippen LogP contribution in [0.1, 0.15) is 57.2 Å². The molecule has 1 aliphatic rings. The highest BCUT2D eigenvalue weighted by atomic mass is 35.5. The monoisotopic (exact) mass is 450 g/mol. The van der Waals surface area contributed by atoms with Gasteiger partial charge >= 0.3 is 0 Å². The molecule has 6 heteroatoms. The van der Waals surface area contributed by atoms with Crippen molar-refractivity contribution in [2.75, 3.05) is 19.8 Å². The molecule has 1 fully saturated rings. The molecule has 1 aliphatic heterocycles. The van der Waals surface area contributed by atoms with Gasteiger partial charge < -0.3 is 24.4 Å². The normalized spacial score (nSPS) is 23.1. The molecule has 0 radical (unpaired) electrons. The molecule has 3 rings (SSSR count). The summed E-state index contributed by atoms with van der Waals surface area (Å²) in [5, 5.41) is 20.6. The number of rotatable bonds is 8. The summed E-state index contributed by atoms with van der Waals surface area (Å²) in [6, 6.07) is 13.6. The van der Waals surface area contributed by atoms with Crippen molar-refractivity contribution in [1.29, 1.82) is 0 Å². The maximum atomic E-state index is 10.4. The first-order valence-electron chi connectivity index (χ1n) is 11.1. The molecule has 0 bridgehead atoms. The lowest BCUT2D eigenvalue weighted by molar-refractivity contribution is -0.307. The van der Waals surface area contributed by atoms with Crippen molar-refractivity contribution in [2.24, 2.45) is 0 Å². The van der Waals surface area contributed by atoms with Gasteiger partial charge in [-0.2, -0.15) is 0 Å². The average molecular weight is 451 g/mol. The van der Waals surface area contributed by atoms with Gasteiger partial charge in [-0.05, 0) is 55.7 Å². The molecule has 0 aromatic heterocycles. The molecule has 31 heavy (non-hydrogen) atoms. The molecule has 2 aromatic carbocycles. The van der Waals surface area contributed by atoms with Crippen LogP contribution in [0.4, 0.5) is 0 Å². The second-order valence-electron chi connectivity index (χ2n) is 7.26. The van der Waals surface area contributed by atoms with Crippen LogP contribution in [-0.2, 0) is 21.7 Å². The van der Waals surface area contributed by atoms with Crippen molar-refractivity contribution in [3.05, 3.63) is 64.2 Å². The van der Waals surface area contributed by atoms with E-state index in [0.717, 1.165) is 22.4 Å². The van der Waals surface area contributed by atoms with E-state index in [-0.39, 0.29) is 6.61 Å². The van der Waals surface area contributed by atoms with Crippen molar-refractivity contribution in [1.82, 2.24) is 0 Å². The van der Waals surface area contributed by atoms with Crippen LogP contribution in [0.3, 0.4) is 0 Å². The van der Waals surface area contributed by atoms with Crippen LogP contribution in [0.25, 0.3) is 0 Å². The minimum Gasteiger partial charge on any atom is -0.494 e. The van der Waals surface area contributed by atoms with E-state index in [2.05, 4.69) is 0 Å². The Balaban J connectivity index is 0.00000166. The molecule has 1 heterocycles. The van der Waals surface area contributed by atoms with E-state index in [9.17, 15) is 10.2 Å². The van der Waals surface area contributed by atoms with Crippen LogP contribution in [-0.4, -0.2) is 42.2 Å². The van der Waals surface area contributed by atoms with Gasteiger partial charge in [-0.25, -0.2) is 0 Å². The Morgan fingerprint density at radius 2 is 1.81 bits per heavy atom. The van der Waals surface area contributed by atoms with Gasteiger partial charge in [-0.3, -0.25) is 0 Å². The predicted molar refractivity (Wildman–Crippen MR) is 124 cm³/mol. The third-order valence-electron chi connectivity index (χ3n) is 5.09. The number of ether oxygens (including phenoxy) is 3. The van der Waals surface area contributed by atoms with E-state index in [4.69, 9.17) is 25.8 Å². The summed E-state index contributed by atoms with van der Waals surface area (Å²) in [5.41, 5.74) is 2.84. The Kier molecular flexibility index (Phi) is 10.3. The lowest BCUT2D eigenvalue weighted by atomic mass is 9.91. The first kappa shape index (κ1) is 25.6. The summed E-state index contributed by atoms with van der Waals surface area (Å²) in [6.07, 6.45) is 0.250. The van der Waals surface area contributed by atoms with Crippen molar-refractivity contribution >= 4 is 11.6 Å². The van der Waals surface area contributed by atoms with Gasteiger partial charge in [0.2, 0.25) is 0 Å². The Morgan fingerprint density at radius 1 is 1.10 bits per heavy atom. The molecule has 3 atom stereocenters. The zero-order chi connectivity index (χ0) is 22.9. The number of aliphatic hydroxyl groups is 2. The van der Waals surface area contributed by atoms with Crippen molar-refractivity contribution in [3.63, 3.8) is 0 Å². The lowest BCUT2D eigenvalue weighted by Crippen LogP contribution is -2.47. The van der Waals surface area contributed by atoms with Gasteiger partial charge in [0.15, 0.2) is 5.79 Å². The second-order valence-corrected chi connectivity index (χ2v) is 7.67. The van der Waals surface area contributed by atoms with E-state index in [1.165, 1.54) is 0 Å². The van der Waals surface area contributed by atoms with E-state index in [0.29, 0.717) is 37.5 Å². The molecule has 0 saturated carbocycles. The van der Waals surface area contributed by atoms with Crippen LogP contribution in [0.15, 0.2) is 42.5 Å². The molecule has 172 valence electrons. The van der Waals surface area contributed by atoms with E-state index in [1.54, 1.807) is 0 Å². The molecule has 2 N–H and O–H groups in total. The van der Waals surface area contributed by atoms with Gasteiger partial charge in [0.1, 0.15) is 5.75 Å². The molecule has 0 amide bonds. The molecule has 0 spiro atoms. The predicted octanol–water partition coefficient (Wildman–Crippen LogP) is 5.08. The lowest BCUT2D eigenvalue weighted by Gasteiger charge is -2.42. The van der Waals surface area contributed by atoms with E-state index < -0.39 is 18.0 Å². The summed E-state index contributed by atoms with van der Waals surface area (Å²) < 4.78 is 17.6. The Morgan fingerprint density at radius 3 is 2.42 bits per heavy atom. The minimum atomic E-state index is -1.10. The molecule has 2 aromatic rings. The van der Waals surface area contributed by atoms with E-state index in [1.807, 2.05) is 70.2 Å². The maximum absolute atomic E-state index is 10.4. The van der Waals surface area contributed by atoms with Gasteiger partial charge in [0, 0.05) is 30.0 Å². The average Bonchev–Trinajstić information content (AvgIpc) is 2.78. The third-order valence-corrected chi connectivity index (χ3v) is 5.46. The zero-order valence-electron chi connectivity index (χ0n) is 18.9. The van der Waals surface area contributed by atoms with Crippen LogP contribution in [0, 0.1) is 0 Å². The standard InChI is InChI=1S/C23H29ClO5.C2H6/c1-3-27-20-8-5-16(6-9-20)11-17-12-18(7-10-22(17)24)23(28-4-2)14-19(26)13-21(15-25)29-23;1-2/h5-10,12,19,21,25-26H,3-4,11,13-15H2,1-2H3;1-2H3. The first-order valence-corrected chi connectivity index (χ1v) is 11.5. The summed E-state index contributed by atoms with van der Waals surface area (Å²) in [4.78, 5) is 0. The maximum Gasteiger partial charge on any atom is 0.197 e. The fraction of sp³-hybridized carbons (Fsp3) is 0.520. The topological polar surface area (TPSA) is 68.2 Å². The molecule has 1 saturated heterocycles. The first-order chi connectivity index (χ1) is 15.0. The van der Waals surface area contributed by atoms with Crippen molar-refractivity contribution < 1.29 is 24.4 Å². The number of hydrogen-bond acceptors (Lipinski definition) is 5. The minimum absolute atomic E-state index is 0.168. The SMILES string of the molecule is CC.CCOc1ccc(Cc2cc(C3(OCC)CC(O)CC(CO)O3)ccc2Cl)cc1. The summed E-state index contributed by atoms with van der Waals surface area (Å²) in [7, 11) is 0. The second kappa shape index (κ2) is 12.4. The fourth-order valence-corrected chi connectivity index (χ4v) is 3.99.